The van der Waals surface area contributed by atoms with Crippen molar-refractivity contribution in [2.24, 2.45) is 0 Å². The molecule has 0 aliphatic rings. The third-order valence-electron chi connectivity index (χ3n) is 3.14. The molecule has 0 fully saturated rings. The third kappa shape index (κ3) is 27.0. The summed E-state index contributed by atoms with van der Waals surface area (Å²) < 4.78 is 53.9. The molecular weight excluding hydrogens is 536 g/mol. The van der Waals surface area contributed by atoms with E-state index in [4.69, 9.17) is 9.84 Å². The van der Waals surface area contributed by atoms with Crippen LogP contribution in [0.1, 0.15) is 65.7 Å². The second-order valence-corrected chi connectivity index (χ2v) is 8.09. The highest BCUT2D eigenvalue weighted by Crippen LogP contribution is 2.20. The topological polar surface area (TPSA) is 46.5 Å². The number of hydrogen-bond acceptors (Lipinski definition) is 3. The zero-order valence-electron chi connectivity index (χ0n) is 17.3. The van der Waals surface area contributed by atoms with E-state index >= 15 is 0 Å². The van der Waals surface area contributed by atoms with E-state index in [1.54, 1.807) is 11.8 Å². The zero-order valence-corrected chi connectivity index (χ0v) is 20.5. The van der Waals surface area contributed by atoms with Gasteiger partial charge in [-0.2, -0.15) is 17.6 Å². The van der Waals surface area contributed by atoms with Gasteiger partial charge in [0.25, 0.3) is 0 Å². The van der Waals surface area contributed by atoms with Crippen molar-refractivity contribution in [2.75, 3.05) is 0 Å². The Balaban J connectivity index is 0. The number of rotatable bonds is 9. The van der Waals surface area contributed by atoms with E-state index in [9.17, 15) is 22.4 Å². The van der Waals surface area contributed by atoms with Gasteiger partial charge in [-0.3, -0.25) is 4.79 Å². The fraction of sp³-hybridized carbons (Fsp3) is 0.667. The van der Waals surface area contributed by atoms with Gasteiger partial charge in [0.2, 0.25) is 0 Å². The predicted molar refractivity (Wildman–Crippen MR) is 118 cm³/mol. The molecule has 0 aliphatic heterocycles. The maximum atomic E-state index is 12.4. The van der Waals surface area contributed by atoms with E-state index < -0.39 is 27.8 Å². The first-order valence-electron chi connectivity index (χ1n) is 9.49. The lowest BCUT2D eigenvalue weighted by molar-refractivity contribution is -0.144. The number of halogens is 6. The van der Waals surface area contributed by atoms with E-state index in [2.05, 4.69) is 43.7 Å². The number of aliphatic hydroxyl groups is 1. The van der Waals surface area contributed by atoms with Crippen LogP contribution in [0.3, 0.4) is 0 Å². The van der Waals surface area contributed by atoms with E-state index in [1.807, 2.05) is 26.0 Å². The Morgan fingerprint density at radius 3 is 2.07 bits per heavy atom. The van der Waals surface area contributed by atoms with Crippen LogP contribution in [0.2, 0.25) is 0 Å². The summed E-state index contributed by atoms with van der Waals surface area (Å²) in [5.41, 5.74) is 0. The van der Waals surface area contributed by atoms with Gasteiger partial charge in [0.15, 0.2) is 6.10 Å². The molecule has 0 aromatic rings. The van der Waals surface area contributed by atoms with Crippen LogP contribution < -0.4 is 0 Å². The average Bonchev–Trinajstić information content (AvgIpc) is 2.60. The molecule has 0 spiro atoms. The standard InChI is InChI=1S/C11H15BrF2O2.C10H13BrF2O/c1-3-4-5-6-10(16-9(2)15)7-8-11(12,13)14;1-2-3-4-5-6-9(14)7-8-10(11,12)13/h10H,3-6H2,1-2H3;3-4,9,14H,2,5-6H2,1H3/b;4-3-. The predicted octanol–water partition coefficient (Wildman–Crippen LogP) is 6.57. The highest BCUT2D eigenvalue weighted by atomic mass is 79.9. The lowest BCUT2D eigenvalue weighted by atomic mass is 10.1. The summed E-state index contributed by atoms with van der Waals surface area (Å²) in [7, 11) is 0. The Kier molecular flexibility index (Phi) is 18.3. The number of carbonyl (C=O) groups is 1. The van der Waals surface area contributed by atoms with Gasteiger partial charge in [0.05, 0.1) is 0 Å². The van der Waals surface area contributed by atoms with Gasteiger partial charge in [-0.1, -0.05) is 50.7 Å². The van der Waals surface area contributed by atoms with Crippen LogP contribution in [-0.2, 0) is 9.53 Å². The number of ether oxygens (including phenoxy) is 1. The Morgan fingerprint density at radius 2 is 1.60 bits per heavy atom. The maximum absolute atomic E-state index is 12.4. The first-order chi connectivity index (χ1) is 13.8. The molecule has 0 saturated heterocycles. The van der Waals surface area contributed by atoms with E-state index in [0.717, 1.165) is 25.7 Å². The SMILES string of the molecule is CC/C=C\CCC(O)C#CC(F)(F)Br.CCCCCC(C#CC(F)(F)Br)OC(C)=O. The number of carbonyl (C=O) groups excluding carboxylic acids is 1. The van der Waals surface area contributed by atoms with Crippen LogP contribution >= 0.6 is 31.9 Å². The van der Waals surface area contributed by atoms with Crippen molar-refractivity contribution in [3.8, 4) is 23.7 Å². The van der Waals surface area contributed by atoms with Gasteiger partial charge in [-0.05, 0) is 43.9 Å². The number of aliphatic hydroxyl groups excluding tert-OH is 1. The molecule has 0 amide bonds. The van der Waals surface area contributed by atoms with E-state index in [1.165, 1.54) is 6.92 Å². The average molecular weight is 564 g/mol. The largest absolute Gasteiger partial charge is 0.449 e. The minimum atomic E-state index is -3.23. The lowest BCUT2D eigenvalue weighted by Gasteiger charge is -2.10. The van der Waals surface area contributed by atoms with E-state index in [-0.39, 0.29) is 0 Å². The molecule has 0 bridgehead atoms. The summed E-state index contributed by atoms with van der Waals surface area (Å²) in [6, 6.07) is 0. The van der Waals surface area contributed by atoms with Crippen molar-refractivity contribution in [3.63, 3.8) is 0 Å². The number of alkyl halides is 6. The van der Waals surface area contributed by atoms with Crippen molar-refractivity contribution in [1.82, 2.24) is 0 Å². The van der Waals surface area contributed by atoms with Crippen LogP contribution in [0, 0.1) is 23.7 Å². The highest BCUT2D eigenvalue weighted by molar-refractivity contribution is 9.10. The first-order valence-corrected chi connectivity index (χ1v) is 11.1. The van der Waals surface area contributed by atoms with Gasteiger partial charge < -0.3 is 9.84 Å². The molecule has 2 unspecified atom stereocenters. The highest BCUT2D eigenvalue weighted by Gasteiger charge is 2.20. The van der Waals surface area contributed by atoms with Crippen molar-refractivity contribution in [2.45, 2.75) is 87.6 Å². The minimum Gasteiger partial charge on any atom is -0.449 e. The molecule has 2 atom stereocenters. The smallest absolute Gasteiger partial charge is 0.363 e. The van der Waals surface area contributed by atoms with Gasteiger partial charge in [-0.15, -0.1) is 0 Å². The fourth-order valence-corrected chi connectivity index (χ4v) is 2.11. The second kappa shape index (κ2) is 17.6. The molecule has 0 aliphatic carbocycles. The molecule has 0 saturated carbocycles. The van der Waals surface area contributed by atoms with Gasteiger partial charge in [-0.25, -0.2) is 0 Å². The molecular formula is C21H28Br2F4O3. The third-order valence-corrected chi connectivity index (χ3v) is 3.54. The van der Waals surface area contributed by atoms with Gasteiger partial charge in [0.1, 0.15) is 6.10 Å². The van der Waals surface area contributed by atoms with E-state index in [0.29, 0.717) is 19.3 Å². The molecule has 0 aromatic heterocycles. The molecule has 0 aromatic carbocycles. The first kappa shape index (κ1) is 31.2. The molecule has 9 heteroatoms. The molecule has 3 nitrogen and oxygen atoms in total. The molecule has 0 heterocycles. The monoisotopic (exact) mass is 562 g/mol. The summed E-state index contributed by atoms with van der Waals surface area (Å²) in [4.78, 5) is 4.29. The number of hydrogen-bond donors (Lipinski definition) is 1. The summed E-state index contributed by atoms with van der Waals surface area (Å²) in [6.07, 6.45) is 7.36. The summed E-state index contributed by atoms with van der Waals surface area (Å²) in [5, 5.41) is 9.15. The van der Waals surface area contributed by atoms with Gasteiger partial charge in [0, 0.05) is 38.8 Å². The van der Waals surface area contributed by atoms with Crippen LogP contribution in [0.15, 0.2) is 12.2 Å². The Morgan fingerprint density at radius 1 is 1.03 bits per heavy atom. The van der Waals surface area contributed by atoms with Crippen molar-refractivity contribution in [1.29, 1.82) is 0 Å². The van der Waals surface area contributed by atoms with Crippen LogP contribution in [-0.4, -0.2) is 32.9 Å². The van der Waals surface area contributed by atoms with Crippen LogP contribution in [0.25, 0.3) is 0 Å². The molecule has 30 heavy (non-hydrogen) atoms. The van der Waals surface area contributed by atoms with Crippen molar-refractivity contribution < 1.29 is 32.2 Å². The zero-order chi connectivity index (χ0) is 23.6. The summed E-state index contributed by atoms with van der Waals surface area (Å²) in [5.74, 6) is 7.16. The molecule has 0 radical (unpaired) electrons. The second-order valence-electron chi connectivity index (χ2n) is 6.10. The summed E-state index contributed by atoms with van der Waals surface area (Å²) in [6.45, 7) is 5.26. The number of unbranched alkanes of at least 4 members (excludes halogenated alkanes) is 2. The van der Waals surface area contributed by atoms with Crippen molar-refractivity contribution in [3.05, 3.63) is 12.2 Å². The van der Waals surface area contributed by atoms with Crippen molar-refractivity contribution >= 4 is 37.8 Å². The lowest BCUT2D eigenvalue weighted by Crippen LogP contribution is -2.15. The molecule has 172 valence electrons. The normalized spacial score (nSPS) is 13.1. The maximum Gasteiger partial charge on any atom is 0.363 e. The Hall–Kier alpha value is -1.03. The number of allylic oxidation sites excluding steroid dienone is 2. The summed E-state index contributed by atoms with van der Waals surface area (Å²) >= 11 is 4.18. The fourth-order valence-electron chi connectivity index (χ4n) is 1.88. The van der Waals surface area contributed by atoms with Gasteiger partial charge >= 0.3 is 15.6 Å². The number of esters is 1. The Labute approximate surface area is 193 Å². The Bertz CT molecular complexity index is 621. The quantitative estimate of drug-likeness (QED) is 0.0861. The van der Waals surface area contributed by atoms with Crippen LogP contribution in [0.5, 0.6) is 0 Å². The molecule has 0 rings (SSSR count). The minimum absolute atomic E-state index is 0.382. The molecule has 1 N–H and O–H groups in total. The van der Waals surface area contributed by atoms with Crippen LogP contribution in [0.4, 0.5) is 17.6 Å².